The van der Waals surface area contributed by atoms with Gasteiger partial charge in [-0.1, -0.05) is 15.9 Å². The van der Waals surface area contributed by atoms with E-state index in [4.69, 9.17) is 4.74 Å². The number of likely N-dealkylation sites (tertiary alicyclic amines) is 1. The first-order valence-electron chi connectivity index (χ1n) is 7.27. The second kappa shape index (κ2) is 7.04. The Morgan fingerprint density at radius 3 is 2.84 bits per heavy atom. The Hall–Kier alpha value is -0.130. The van der Waals surface area contributed by atoms with E-state index in [1.807, 2.05) is 0 Å². The number of carbonyl (C=O) groups is 1. The van der Waals surface area contributed by atoms with Crippen molar-refractivity contribution >= 4 is 21.8 Å². The first-order chi connectivity index (χ1) is 9.19. The number of hydrogen-bond acceptors (Lipinski definition) is 3. The molecule has 1 amide bonds. The molecule has 0 spiro atoms. The normalized spacial score (nSPS) is 28.0. The van der Waals surface area contributed by atoms with Crippen LogP contribution in [0.15, 0.2) is 0 Å². The largest absolute Gasteiger partial charge is 0.381 e. The summed E-state index contributed by atoms with van der Waals surface area (Å²) in [4.78, 5) is 14.3. The highest BCUT2D eigenvalue weighted by Gasteiger charge is 2.35. The van der Waals surface area contributed by atoms with Crippen LogP contribution < -0.4 is 5.32 Å². The number of nitrogens with one attached hydrogen (secondary N) is 1. The number of halogens is 1. The highest BCUT2D eigenvalue weighted by atomic mass is 79.9. The van der Waals surface area contributed by atoms with Gasteiger partial charge >= 0.3 is 0 Å². The predicted octanol–water partition coefficient (Wildman–Crippen LogP) is 1.64. The number of amides is 1. The molecule has 0 aromatic rings. The molecule has 0 saturated carbocycles. The Labute approximate surface area is 124 Å². The van der Waals surface area contributed by atoms with Crippen LogP contribution in [-0.2, 0) is 9.53 Å². The summed E-state index contributed by atoms with van der Waals surface area (Å²) in [5, 5.41) is 3.82. The summed E-state index contributed by atoms with van der Waals surface area (Å²) < 4.78 is 5.49. The van der Waals surface area contributed by atoms with Gasteiger partial charge in [-0.15, -0.1) is 0 Å². The summed E-state index contributed by atoms with van der Waals surface area (Å²) in [6, 6.07) is 0. The van der Waals surface area contributed by atoms with E-state index in [0.717, 1.165) is 63.9 Å². The molecule has 2 rings (SSSR count). The van der Waals surface area contributed by atoms with Crippen molar-refractivity contribution in [2.24, 2.45) is 11.3 Å². The minimum Gasteiger partial charge on any atom is -0.381 e. The van der Waals surface area contributed by atoms with Crippen molar-refractivity contribution < 1.29 is 9.53 Å². The molecule has 5 heteroatoms. The summed E-state index contributed by atoms with van der Waals surface area (Å²) in [7, 11) is 1.74. The highest BCUT2D eigenvalue weighted by Crippen LogP contribution is 2.34. The molecule has 2 saturated heterocycles. The van der Waals surface area contributed by atoms with Crippen molar-refractivity contribution in [3.05, 3.63) is 0 Å². The number of hydrogen-bond donors (Lipinski definition) is 1. The van der Waals surface area contributed by atoms with Gasteiger partial charge in [0.15, 0.2) is 0 Å². The van der Waals surface area contributed by atoms with Gasteiger partial charge in [-0.05, 0) is 37.6 Å². The minimum atomic E-state index is 0.172. The number of nitrogens with zero attached hydrogens (tertiary/aromatic N) is 1. The van der Waals surface area contributed by atoms with Crippen molar-refractivity contribution in [3.63, 3.8) is 0 Å². The van der Waals surface area contributed by atoms with Gasteiger partial charge in [-0.25, -0.2) is 0 Å². The zero-order chi connectivity index (χ0) is 13.7. The van der Waals surface area contributed by atoms with Crippen molar-refractivity contribution in [1.29, 1.82) is 0 Å². The van der Waals surface area contributed by atoms with Gasteiger partial charge in [0.1, 0.15) is 0 Å². The van der Waals surface area contributed by atoms with E-state index in [2.05, 4.69) is 26.1 Å². The van der Waals surface area contributed by atoms with E-state index < -0.39 is 0 Å². The van der Waals surface area contributed by atoms with Crippen LogP contribution in [0.25, 0.3) is 0 Å². The van der Waals surface area contributed by atoms with E-state index >= 15 is 0 Å². The quantitative estimate of drug-likeness (QED) is 0.796. The van der Waals surface area contributed by atoms with Crippen LogP contribution in [-0.4, -0.2) is 56.0 Å². The molecule has 0 radical (unpaired) electrons. The summed E-state index contributed by atoms with van der Waals surface area (Å²) in [5.41, 5.74) is 0.336. The topological polar surface area (TPSA) is 41.6 Å². The SMILES string of the molecule is CNC(=O)C1CCCN(CC2(CBr)CCOCC2)C1. The molecule has 2 fully saturated rings. The van der Waals surface area contributed by atoms with Crippen LogP contribution in [0.5, 0.6) is 0 Å². The fourth-order valence-corrected chi connectivity index (χ4v) is 3.97. The predicted molar refractivity (Wildman–Crippen MR) is 79.5 cm³/mol. The van der Waals surface area contributed by atoms with Crippen LogP contribution in [0.4, 0.5) is 0 Å². The lowest BCUT2D eigenvalue weighted by atomic mass is 9.81. The fraction of sp³-hybridized carbons (Fsp3) is 0.929. The molecule has 0 aromatic carbocycles. The van der Waals surface area contributed by atoms with E-state index in [0.29, 0.717) is 5.41 Å². The van der Waals surface area contributed by atoms with Gasteiger partial charge in [0.2, 0.25) is 5.91 Å². The van der Waals surface area contributed by atoms with Crippen molar-refractivity contribution in [1.82, 2.24) is 10.2 Å². The molecule has 1 N–H and O–H groups in total. The molecule has 1 atom stereocenters. The second-order valence-corrected chi connectivity index (χ2v) is 6.50. The molecule has 0 aliphatic carbocycles. The van der Waals surface area contributed by atoms with Crippen LogP contribution >= 0.6 is 15.9 Å². The van der Waals surface area contributed by atoms with E-state index in [1.165, 1.54) is 0 Å². The highest BCUT2D eigenvalue weighted by molar-refractivity contribution is 9.09. The maximum atomic E-state index is 11.8. The minimum absolute atomic E-state index is 0.172. The van der Waals surface area contributed by atoms with E-state index in [1.54, 1.807) is 7.05 Å². The standard InChI is InChI=1S/C14H25BrN2O2/c1-16-13(18)12-3-2-6-17(9-12)11-14(10-15)4-7-19-8-5-14/h12H,2-11H2,1H3,(H,16,18). The van der Waals surface area contributed by atoms with Crippen LogP contribution in [0, 0.1) is 11.3 Å². The third-order valence-corrected chi connectivity index (χ3v) is 5.71. The van der Waals surface area contributed by atoms with Gasteiger partial charge in [-0.2, -0.15) is 0 Å². The molecular weight excluding hydrogens is 308 g/mol. The first-order valence-corrected chi connectivity index (χ1v) is 8.39. The number of alkyl halides is 1. The number of rotatable bonds is 4. The van der Waals surface area contributed by atoms with Crippen molar-refractivity contribution in [3.8, 4) is 0 Å². The Morgan fingerprint density at radius 1 is 1.47 bits per heavy atom. The lowest BCUT2D eigenvalue weighted by molar-refractivity contribution is -0.126. The zero-order valence-corrected chi connectivity index (χ0v) is 13.4. The molecule has 2 aliphatic heterocycles. The van der Waals surface area contributed by atoms with E-state index in [-0.39, 0.29) is 11.8 Å². The lowest BCUT2D eigenvalue weighted by Crippen LogP contribution is -2.48. The second-order valence-electron chi connectivity index (χ2n) is 5.93. The number of ether oxygens (including phenoxy) is 1. The molecule has 110 valence electrons. The average Bonchev–Trinajstić information content (AvgIpc) is 2.47. The third-order valence-electron chi connectivity index (χ3n) is 4.52. The van der Waals surface area contributed by atoms with Crippen molar-refractivity contribution in [2.45, 2.75) is 25.7 Å². The number of piperidine rings is 1. The monoisotopic (exact) mass is 332 g/mol. The average molecular weight is 333 g/mol. The Balaban J connectivity index is 1.91. The molecule has 2 aliphatic rings. The van der Waals surface area contributed by atoms with Crippen LogP contribution in [0.2, 0.25) is 0 Å². The van der Waals surface area contributed by atoms with Gasteiger partial charge in [-0.3, -0.25) is 4.79 Å². The van der Waals surface area contributed by atoms with Crippen LogP contribution in [0.1, 0.15) is 25.7 Å². The van der Waals surface area contributed by atoms with Gasteiger partial charge in [0, 0.05) is 38.7 Å². The van der Waals surface area contributed by atoms with Gasteiger partial charge in [0.05, 0.1) is 5.92 Å². The molecule has 1 unspecified atom stereocenters. The molecular formula is C14H25BrN2O2. The maximum absolute atomic E-state index is 11.8. The van der Waals surface area contributed by atoms with Gasteiger partial charge < -0.3 is 15.0 Å². The summed E-state index contributed by atoms with van der Waals surface area (Å²) in [5.74, 6) is 0.371. The summed E-state index contributed by atoms with van der Waals surface area (Å²) in [6.45, 7) is 4.88. The molecule has 0 bridgehead atoms. The maximum Gasteiger partial charge on any atom is 0.224 e. The summed E-state index contributed by atoms with van der Waals surface area (Å²) in [6.07, 6.45) is 4.41. The Morgan fingerprint density at radius 2 is 2.21 bits per heavy atom. The molecule has 4 nitrogen and oxygen atoms in total. The molecule has 19 heavy (non-hydrogen) atoms. The van der Waals surface area contributed by atoms with Gasteiger partial charge in [0.25, 0.3) is 0 Å². The number of carbonyl (C=O) groups excluding carboxylic acids is 1. The fourth-order valence-electron chi connectivity index (χ4n) is 3.23. The Bertz CT molecular complexity index is 306. The van der Waals surface area contributed by atoms with E-state index in [9.17, 15) is 4.79 Å². The molecule has 2 heterocycles. The summed E-state index contributed by atoms with van der Waals surface area (Å²) >= 11 is 3.69. The lowest BCUT2D eigenvalue weighted by Gasteiger charge is -2.42. The molecule has 0 aromatic heterocycles. The first kappa shape index (κ1) is 15.3. The Kier molecular flexibility index (Phi) is 5.66. The van der Waals surface area contributed by atoms with Crippen molar-refractivity contribution in [2.75, 3.05) is 45.2 Å². The van der Waals surface area contributed by atoms with Crippen LogP contribution in [0.3, 0.4) is 0 Å². The zero-order valence-electron chi connectivity index (χ0n) is 11.8. The smallest absolute Gasteiger partial charge is 0.224 e. The third kappa shape index (κ3) is 3.92.